The molecule has 2 aliphatic heterocycles. The van der Waals surface area contributed by atoms with E-state index in [4.69, 9.17) is 0 Å². The van der Waals surface area contributed by atoms with E-state index in [0.717, 1.165) is 36.2 Å². The van der Waals surface area contributed by atoms with E-state index in [0.29, 0.717) is 63.4 Å². The molecule has 2 fully saturated rings. The van der Waals surface area contributed by atoms with Crippen LogP contribution >= 0.6 is 0 Å². The predicted molar refractivity (Wildman–Crippen MR) is 125 cm³/mol. The lowest BCUT2D eigenvalue weighted by Gasteiger charge is -2.37. The number of benzene rings is 1. The highest BCUT2D eigenvalue weighted by Gasteiger charge is 2.32. The first-order valence-corrected chi connectivity index (χ1v) is 12.3. The zero-order valence-electron chi connectivity index (χ0n) is 19.7. The predicted octanol–water partition coefficient (Wildman–Crippen LogP) is 1.77. The van der Waals surface area contributed by atoms with Gasteiger partial charge in [0, 0.05) is 61.8 Å². The molecule has 2 saturated heterocycles. The Labute approximate surface area is 198 Å². The number of anilines is 1. The van der Waals surface area contributed by atoms with Crippen LogP contribution in [0.5, 0.6) is 0 Å². The van der Waals surface area contributed by atoms with Crippen LogP contribution in [0.3, 0.4) is 0 Å². The summed E-state index contributed by atoms with van der Waals surface area (Å²) in [5.74, 6) is -0.308. The van der Waals surface area contributed by atoms with Gasteiger partial charge in [0.2, 0.25) is 5.91 Å². The molecule has 1 aromatic heterocycles. The van der Waals surface area contributed by atoms with Gasteiger partial charge in [-0.15, -0.1) is 0 Å². The quantitative estimate of drug-likeness (QED) is 0.738. The van der Waals surface area contributed by atoms with Crippen LogP contribution in [0.4, 0.5) is 10.1 Å². The van der Waals surface area contributed by atoms with Gasteiger partial charge in [0.15, 0.2) is 5.69 Å². The lowest BCUT2D eigenvalue weighted by atomic mass is 10.1. The highest BCUT2D eigenvalue weighted by molar-refractivity contribution is 5.94. The molecule has 1 N–H and O–H groups in total. The van der Waals surface area contributed by atoms with Crippen LogP contribution in [0, 0.1) is 12.7 Å². The number of fused-ring (bicyclic) bond motifs is 1. The van der Waals surface area contributed by atoms with E-state index in [1.54, 1.807) is 22.6 Å². The van der Waals surface area contributed by atoms with Gasteiger partial charge in [-0.1, -0.05) is 6.07 Å². The first-order valence-electron chi connectivity index (χ1n) is 12.3. The Morgan fingerprint density at radius 3 is 2.53 bits per heavy atom. The van der Waals surface area contributed by atoms with Crippen LogP contribution in [-0.4, -0.2) is 81.9 Å². The summed E-state index contributed by atoms with van der Waals surface area (Å²) in [6.07, 6.45) is 3.45. The molecule has 0 spiro atoms. The molecule has 34 heavy (non-hydrogen) atoms. The van der Waals surface area contributed by atoms with Gasteiger partial charge >= 0.3 is 0 Å². The lowest BCUT2D eigenvalue weighted by molar-refractivity contribution is -0.132. The SMILES string of the molecule is Cc1c(F)cccc1N1CCN(C(=O)Cn2nc(C(=O)N3CCC(O)CC3)c3c2CCC3)CC1. The van der Waals surface area contributed by atoms with E-state index in [1.807, 2.05) is 11.0 Å². The van der Waals surface area contributed by atoms with Crippen molar-refractivity contribution in [3.63, 3.8) is 0 Å². The van der Waals surface area contributed by atoms with Gasteiger partial charge in [0.05, 0.1) is 6.10 Å². The Balaban J connectivity index is 1.24. The molecule has 9 heteroatoms. The number of aromatic nitrogens is 2. The second-order valence-corrected chi connectivity index (χ2v) is 9.56. The zero-order chi connectivity index (χ0) is 23.8. The van der Waals surface area contributed by atoms with Crippen molar-refractivity contribution < 1.29 is 19.1 Å². The fourth-order valence-corrected chi connectivity index (χ4v) is 5.39. The fraction of sp³-hybridized carbons (Fsp3) is 0.560. The standard InChI is InChI=1S/C25H32FN5O3/c1-17-20(26)5-3-6-21(17)28-12-14-29(15-13-28)23(33)16-31-22-7-2-4-19(22)24(27-31)25(34)30-10-8-18(32)9-11-30/h3,5-6,18,32H,2,4,7-16H2,1H3. The first kappa shape index (κ1) is 22.8. The number of piperidine rings is 1. The topological polar surface area (TPSA) is 81.9 Å². The number of hydrogen-bond donors (Lipinski definition) is 1. The summed E-state index contributed by atoms with van der Waals surface area (Å²) in [5, 5.41) is 14.4. The number of halogens is 1. The van der Waals surface area contributed by atoms with Crippen LogP contribution in [0.15, 0.2) is 18.2 Å². The molecule has 3 aliphatic rings. The van der Waals surface area contributed by atoms with Gasteiger partial charge in [0.1, 0.15) is 12.4 Å². The number of aliphatic hydroxyl groups is 1. The van der Waals surface area contributed by atoms with Crippen LogP contribution < -0.4 is 4.90 Å². The van der Waals surface area contributed by atoms with Crippen molar-refractivity contribution >= 4 is 17.5 Å². The molecular formula is C25H32FN5O3. The van der Waals surface area contributed by atoms with Gasteiger partial charge in [-0.3, -0.25) is 14.3 Å². The van der Waals surface area contributed by atoms with E-state index in [2.05, 4.69) is 10.00 Å². The largest absolute Gasteiger partial charge is 0.393 e. The average molecular weight is 470 g/mol. The highest BCUT2D eigenvalue weighted by atomic mass is 19.1. The van der Waals surface area contributed by atoms with Gasteiger partial charge < -0.3 is 19.8 Å². The van der Waals surface area contributed by atoms with E-state index in [1.165, 1.54) is 6.07 Å². The summed E-state index contributed by atoms with van der Waals surface area (Å²) < 4.78 is 15.7. The van der Waals surface area contributed by atoms with E-state index < -0.39 is 0 Å². The van der Waals surface area contributed by atoms with Crippen LogP contribution in [0.25, 0.3) is 0 Å². The molecule has 0 radical (unpaired) electrons. The molecule has 0 unspecified atom stereocenters. The molecule has 5 rings (SSSR count). The third kappa shape index (κ3) is 4.29. The van der Waals surface area contributed by atoms with Crippen molar-refractivity contribution in [1.29, 1.82) is 0 Å². The number of aliphatic hydroxyl groups excluding tert-OH is 1. The number of nitrogens with zero attached hydrogens (tertiary/aromatic N) is 5. The Hall–Kier alpha value is -2.94. The van der Waals surface area contributed by atoms with E-state index in [9.17, 15) is 19.1 Å². The maximum atomic E-state index is 13.9. The molecule has 182 valence electrons. The zero-order valence-corrected chi connectivity index (χ0v) is 19.7. The Morgan fingerprint density at radius 1 is 1.06 bits per heavy atom. The number of carbonyl (C=O) groups excluding carboxylic acids is 2. The second kappa shape index (κ2) is 9.37. The molecule has 3 heterocycles. The average Bonchev–Trinajstić information content (AvgIpc) is 3.45. The minimum atomic E-state index is -0.338. The first-order chi connectivity index (χ1) is 16.4. The maximum Gasteiger partial charge on any atom is 0.274 e. The van der Waals surface area contributed by atoms with Crippen molar-refractivity contribution in [2.75, 3.05) is 44.2 Å². The minimum Gasteiger partial charge on any atom is -0.393 e. The van der Waals surface area contributed by atoms with Crippen LogP contribution in [0.2, 0.25) is 0 Å². The number of hydrogen-bond acceptors (Lipinski definition) is 5. The Morgan fingerprint density at radius 2 is 1.79 bits per heavy atom. The number of piperazine rings is 1. The van der Waals surface area contributed by atoms with Crippen LogP contribution in [-0.2, 0) is 24.2 Å². The number of carbonyl (C=O) groups is 2. The lowest BCUT2D eigenvalue weighted by Crippen LogP contribution is -2.50. The monoisotopic (exact) mass is 469 g/mol. The molecule has 0 bridgehead atoms. The Bertz CT molecular complexity index is 1080. The molecule has 0 saturated carbocycles. The molecule has 1 aliphatic carbocycles. The fourth-order valence-electron chi connectivity index (χ4n) is 5.39. The summed E-state index contributed by atoms with van der Waals surface area (Å²) in [7, 11) is 0. The van der Waals surface area contributed by atoms with Gasteiger partial charge in [-0.2, -0.15) is 5.10 Å². The van der Waals surface area contributed by atoms with Crippen molar-refractivity contribution in [2.45, 2.75) is 51.7 Å². The molecule has 2 amide bonds. The van der Waals surface area contributed by atoms with Gasteiger partial charge in [-0.25, -0.2) is 4.39 Å². The molecule has 8 nitrogen and oxygen atoms in total. The smallest absolute Gasteiger partial charge is 0.274 e. The Kier molecular flexibility index (Phi) is 6.29. The third-order valence-electron chi connectivity index (χ3n) is 7.46. The highest BCUT2D eigenvalue weighted by Crippen LogP contribution is 2.28. The van der Waals surface area contributed by atoms with Crippen LogP contribution in [0.1, 0.15) is 46.6 Å². The molecule has 2 aromatic rings. The van der Waals surface area contributed by atoms with Crippen molar-refractivity contribution in [3.8, 4) is 0 Å². The molecule has 1 aromatic carbocycles. The molecular weight excluding hydrogens is 437 g/mol. The van der Waals surface area contributed by atoms with E-state index >= 15 is 0 Å². The summed E-state index contributed by atoms with van der Waals surface area (Å²) in [6, 6.07) is 5.11. The minimum absolute atomic E-state index is 0.00657. The van der Waals surface area contributed by atoms with E-state index in [-0.39, 0.29) is 30.3 Å². The summed E-state index contributed by atoms with van der Waals surface area (Å²) in [6.45, 7) is 5.43. The van der Waals surface area contributed by atoms with Crippen molar-refractivity contribution in [2.24, 2.45) is 0 Å². The number of rotatable bonds is 4. The molecule has 0 atom stereocenters. The number of amides is 2. The maximum absolute atomic E-state index is 13.9. The normalized spacial score (nSPS) is 19.0. The second-order valence-electron chi connectivity index (χ2n) is 9.56. The van der Waals surface area contributed by atoms with Gasteiger partial charge in [-0.05, 0) is 51.2 Å². The summed E-state index contributed by atoms with van der Waals surface area (Å²) >= 11 is 0. The number of likely N-dealkylation sites (tertiary alicyclic amines) is 1. The summed E-state index contributed by atoms with van der Waals surface area (Å²) in [4.78, 5) is 32.0. The van der Waals surface area contributed by atoms with Crippen molar-refractivity contribution in [3.05, 3.63) is 46.5 Å². The van der Waals surface area contributed by atoms with Crippen molar-refractivity contribution in [1.82, 2.24) is 19.6 Å². The third-order valence-corrected chi connectivity index (χ3v) is 7.46. The van der Waals surface area contributed by atoms with Gasteiger partial charge in [0.25, 0.3) is 5.91 Å². The summed E-state index contributed by atoms with van der Waals surface area (Å²) in [5.41, 5.74) is 3.97.